The van der Waals surface area contributed by atoms with Crippen LogP contribution < -0.4 is 0 Å². The summed E-state index contributed by atoms with van der Waals surface area (Å²) in [6.45, 7) is 8.00. The highest BCUT2D eigenvalue weighted by Gasteiger charge is 2.20. The highest BCUT2D eigenvalue weighted by molar-refractivity contribution is 6.70. The van der Waals surface area contributed by atoms with Crippen molar-refractivity contribution in [1.82, 2.24) is 0 Å². The zero-order valence-electron chi connectivity index (χ0n) is 9.46. The van der Waals surface area contributed by atoms with Crippen LogP contribution in [0.2, 0.25) is 19.6 Å². The van der Waals surface area contributed by atoms with Crippen LogP contribution in [0.5, 0.6) is 0 Å². The van der Waals surface area contributed by atoms with Crippen molar-refractivity contribution in [2.75, 3.05) is 0 Å². The third-order valence-electron chi connectivity index (χ3n) is 1.51. The van der Waals surface area contributed by atoms with Gasteiger partial charge in [0.2, 0.25) is 8.32 Å². The molecule has 0 saturated heterocycles. The van der Waals surface area contributed by atoms with Crippen LogP contribution in [0.25, 0.3) is 0 Å². The van der Waals surface area contributed by atoms with Gasteiger partial charge in [-0.15, -0.1) is 0 Å². The highest BCUT2D eigenvalue weighted by atomic mass is 28.4. The number of rotatable bonds is 6. The van der Waals surface area contributed by atoms with Gasteiger partial charge in [-0.3, -0.25) is 0 Å². The van der Waals surface area contributed by atoms with Crippen molar-refractivity contribution in [3.63, 3.8) is 0 Å². The van der Waals surface area contributed by atoms with Crippen molar-refractivity contribution in [2.45, 2.75) is 45.8 Å². The monoisotopic (exact) mass is 216 g/mol. The first kappa shape index (κ1) is 13.2. The predicted molar refractivity (Wildman–Crippen MR) is 59.7 cm³/mol. The summed E-state index contributed by atoms with van der Waals surface area (Å²) >= 11 is 0. The molecule has 0 aliphatic rings. The molecule has 0 spiro atoms. The van der Waals surface area contributed by atoms with Gasteiger partial charge in [-0.1, -0.05) is 13.3 Å². The second-order valence-corrected chi connectivity index (χ2v) is 8.66. The second kappa shape index (κ2) is 5.85. The molecule has 3 nitrogen and oxygen atoms in total. The zero-order valence-corrected chi connectivity index (χ0v) is 10.5. The van der Waals surface area contributed by atoms with Crippen LogP contribution in [0.3, 0.4) is 0 Å². The van der Waals surface area contributed by atoms with Crippen LogP contribution in [0.1, 0.15) is 26.2 Å². The lowest BCUT2D eigenvalue weighted by Gasteiger charge is -2.19. The van der Waals surface area contributed by atoms with Gasteiger partial charge in [0.05, 0.1) is 0 Å². The predicted octanol–water partition coefficient (Wildman–Crippen LogP) is 3.00. The minimum Gasteiger partial charge on any atom is -0.540 e. The number of aliphatic carboxylic acids is 1. The van der Waals surface area contributed by atoms with E-state index in [9.17, 15) is 4.79 Å². The van der Waals surface area contributed by atoms with E-state index >= 15 is 0 Å². The summed E-state index contributed by atoms with van der Waals surface area (Å²) < 4.78 is 5.45. The Hall–Kier alpha value is -0.773. The summed E-state index contributed by atoms with van der Waals surface area (Å²) in [5.41, 5.74) is 0. The van der Waals surface area contributed by atoms with Crippen LogP contribution in [-0.4, -0.2) is 19.4 Å². The molecule has 0 bridgehead atoms. The molecule has 82 valence electrons. The quantitative estimate of drug-likeness (QED) is 0.321. The minimum atomic E-state index is -1.79. The molecule has 0 aromatic carbocycles. The van der Waals surface area contributed by atoms with Crippen LogP contribution in [0.4, 0.5) is 0 Å². The Morgan fingerprint density at radius 3 is 2.36 bits per heavy atom. The molecule has 0 saturated carbocycles. The van der Waals surface area contributed by atoms with Gasteiger partial charge in [0, 0.05) is 0 Å². The molecular weight excluding hydrogens is 196 g/mol. The average molecular weight is 216 g/mol. The Morgan fingerprint density at radius 1 is 1.43 bits per heavy atom. The van der Waals surface area contributed by atoms with Crippen LogP contribution in [0, 0.1) is 0 Å². The molecule has 0 radical (unpaired) electrons. The summed E-state index contributed by atoms with van der Waals surface area (Å²) in [7, 11) is -1.79. The fraction of sp³-hybridized carbons (Fsp3) is 0.700. The van der Waals surface area contributed by atoms with E-state index in [1.165, 1.54) is 0 Å². The Morgan fingerprint density at radius 2 is 2.00 bits per heavy atom. The van der Waals surface area contributed by atoms with Gasteiger partial charge in [-0.2, -0.15) is 0 Å². The van der Waals surface area contributed by atoms with E-state index in [0.29, 0.717) is 0 Å². The standard InChI is InChI=1S/C10H20O3Si/c1-5-6-7-8-9(10(11)12)13-14(2,3)4/h8H,5-7H2,1-4H3,(H,11,12)/b9-8-. The number of hydrogen-bond acceptors (Lipinski definition) is 2. The first-order valence-corrected chi connectivity index (χ1v) is 8.40. The minimum absolute atomic E-state index is 0.123. The van der Waals surface area contributed by atoms with Crippen molar-refractivity contribution >= 4 is 14.3 Å². The molecule has 0 aliphatic carbocycles. The summed E-state index contributed by atoms with van der Waals surface area (Å²) in [6.07, 6.45) is 4.54. The second-order valence-electron chi connectivity index (χ2n) is 4.23. The van der Waals surface area contributed by atoms with Crippen molar-refractivity contribution in [2.24, 2.45) is 0 Å². The van der Waals surface area contributed by atoms with E-state index in [1.54, 1.807) is 6.08 Å². The average Bonchev–Trinajstić information content (AvgIpc) is 2.00. The van der Waals surface area contributed by atoms with Gasteiger partial charge in [0.25, 0.3) is 0 Å². The summed E-state index contributed by atoms with van der Waals surface area (Å²) in [5.74, 6) is -0.832. The van der Waals surface area contributed by atoms with Gasteiger partial charge < -0.3 is 9.53 Å². The van der Waals surface area contributed by atoms with Crippen molar-refractivity contribution in [1.29, 1.82) is 0 Å². The van der Waals surface area contributed by atoms with Gasteiger partial charge in [-0.05, 0) is 38.6 Å². The number of carbonyl (C=O) groups is 1. The largest absolute Gasteiger partial charge is 0.540 e. The SMILES string of the molecule is CCCC/C=C(\O[Si](C)(C)C)C(=O)O. The maximum absolute atomic E-state index is 10.8. The smallest absolute Gasteiger partial charge is 0.369 e. The Bertz CT molecular complexity index is 216. The molecule has 0 unspecified atom stereocenters. The highest BCUT2D eigenvalue weighted by Crippen LogP contribution is 2.12. The van der Waals surface area contributed by atoms with Crippen molar-refractivity contribution in [3.05, 3.63) is 11.8 Å². The Kier molecular flexibility index (Phi) is 5.53. The maximum atomic E-state index is 10.8. The number of unbranched alkanes of at least 4 members (excludes halogenated alkanes) is 2. The summed E-state index contributed by atoms with van der Waals surface area (Å²) in [4.78, 5) is 10.8. The lowest BCUT2D eigenvalue weighted by molar-refractivity contribution is -0.135. The molecule has 0 rings (SSSR count). The third-order valence-corrected chi connectivity index (χ3v) is 2.35. The van der Waals surface area contributed by atoms with Gasteiger partial charge in [-0.25, -0.2) is 4.79 Å². The maximum Gasteiger partial charge on any atom is 0.369 e. The molecule has 0 amide bonds. The lowest BCUT2D eigenvalue weighted by Crippen LogP contribution is -2.27. The van der Waals surface area contributed by atoms with Gasteiger partial charge >= 0.3 is 5.97 Å². The van der Waals surface area contributed by atoms with Gasteiger partial charge in [0.1, 0.15) is 0 Å². The fourth-order valence-electron chi connectivity index (χ4n) is 0.940. The number of hydrogen-bond donors (Lipinski definition) is 1. The van der Waals surface area contributed by atoms with E-state index in [0.717, 1.165) is 19.3 Å². The molecule has 0 aromatic rings. The fourth-order valence-corrected chi connectivity index (χ4v) is 1.77. The molecule has 0 aliphatic heterocycles. The molecule has 0 aromatic heterocycles. The molecular formula is C10H20O3Si. The summed E-state index contributed by atoms with van der Waals surface area (Å²) in [5, 5.41) is 8.86. The van der Waals surface area contributed by atoms with Gasteiger partial charge in [0.15, 0.2) is 5.76 Å². The van der Waals surface area contributed by atoms with E-state index in [1.807, 2.05) is 19.6 Å². The Balaban J connectivity index is 4.30. The van der Waals surface area contributed by atoms with E-state index < -0.39 is 14.3 Å². The zero-order chi connectivity index (χ0) is 11.2. The van der Waals surface area contributed by atoms with E-state index in [4.69, 9.17) is 9.53 Å². The molecule has 0 atom stereocenters. The van der Waals surface area contributed by atoms with Crippen LogP contribution in [0.15, 0.2) is 11.8 Å². The normalized spacial score (nSPS) is 12.7. The third kappa shape index (κ3) is 6.71. The van der Waals surface area contributed by atoms with E-state index in [2.05, 4.69) is 6.92 Å². The van der Waals surface area contributed by atoms with E-state index in [-0.39, 0.29) is 5.76 Å². The molecule has 14 heavy (non-hydrogen) atoms. The first-order valence-electron chi connectivity index (χ1n) is 4.99. The summed E-state index contributed by atoms with van der Waals surface area (Å²) in [6, 6.07) is 0. The molecule has 4 heteroatoms. The number of allylic oxidation sites excluding steroid dienone is 1. The van der Waals surface area contributed by atoms with Crippen LogP contribution >= 0.6 is 0 Å². The molecule has 0 heterocycles. The van der Waals surface area contributed by atoms with Crippen LogP contribution in [-0.2, 0) is 9.22 Å². The molecule has 0 fully saturated rings. The van der Waals surface area contributed by atoms with Crippen molar-refractivity contribution in [3.8, 4) is 0 Å². The van der Waals surface area contributed by atoms with Crippen molar-refractivity contribution < 1.29 is 14.3 Å². The topological polar surface area (TPSA) is 46.5 Å². The molecule has 1 N–H and O–H groups in total. The first-order chi connectivity index (χ1) is 6.37. The Labute approximate surface area is 86.9 Å². The number of carboxylic acid groups (broad SMARTS) is 1. The number of carboxylic acids is 1. The lowest BCUT2D eigenvalue weighted by atomic mass is 10.2.